The first kappa shape index (κ1) is 15.8. The Balaban J connectivity index is 2.81. The molecule has 0 bridgehead atoms. The number of aliphatic carboxylic acids is 2. The van der Waals surface area contributed by atoms with Crippen LogP contribution in [0.15, 0.2) is 30.3 Å². The second-order valence-corrected chi connectivity index (χ2v) is 4.62. The molecule has 0 aliphatic carbocycles. The van der Waals surface area contributed by atoms with Crippen LogP contribution in [-0.4, -0.2) is 53.0 Å². The Hall–Kier alpha value is -2.21. The van der Waals surface area contributed by atoms with Crippen molar-refractivity contribution in [1.82, 2.24) is 4.90 Å². The minimum Gasteiger partial charge on any atom is -0.481 e. The fourth-order valence-electron chi connectivity index (χ4n) is 1.96. The van der Waals surface area contributed by atoms with E-state index in [1.54, 1.807) is 37.4 Å². The molecule has 0 aliphatic heterocycles. The highest BCUT2D eigenvalue weighted by Gasteiger charge is 2.24. The highest BCUT2D eigenvalue weighted by Crippen LogP contribution is 2.14. The van der Waals surface area contributed by atoms with E-state index in [0.717, 1.165) is 0 Å². The van der Waals surface area contributed by atoms with Gasteiger partial charge in [-0.25, -0.2) is 0 Å². The largest absolute Gasteiger partial charge is 0.481 e. The first-order valence-electron chi connectivity index (χ1n) is 6.11. The number of likely N-dealkylation sites (N-methyl/N-ethyl adjacent to an activating group) is 1. The number of rotatable bonds is 8. The van der Waals surface area contributed by atoms with Crippen LogP contribution in [0.5, 0.6) is 0 Å². The first-order chi connectivity index (χ1) is 9.40. The Morgan fingerprint density at radius 1 is 1.10 bits per heavy atom. The molecule has 2 N–H and O–H groups in total. The van der Waals surface area contributed by atoms with Crippen molar-refractivity contribution in [3.63, 3.8) is 0 Å². The molecule has 0 fully saturated rings. The SMILES string of the molecule is CN(CC(=O)O)CC(CC(=O)O)C(=O)c1ccccc1. The van der Waals surface area contributed by atoms with Gasteiger partial charge >= 0.3 is 11.9 Å². The van der Waals surface area contributed by atoms with Gasteiger partial charge in [-0.15, -0.1) is 0 Å². The van der Waals surface area contributed by atoms with E-state index in [1.807, 2.05) is 0 Å². The fraction of sp³-hybridized carbons (Fsp3) is 0.357. The number of carbonyl (C=O) groups is 3. The van der Waals surface area contributed by atoms with E-state index in [2.05, 4.69) is 0 Å². The van der Waals surface area contributed by atoms with Gasteiger partial charge in [0, 0.05) is 18.0 Å². The van der Waals surface area contributed by atoms with E-state index in [4.69, 9.17) is 10.2 Å². The fourth-order valence-corrected chi connectivity index (χ4v) is 1.96. The van der Waals surface area contributed by atoms with Crippen molar-refractivity contribution in [2.24, 2.45) is 5.92 Å². The molecule has 0 aliphatic rings. The minimum absolute atomic E-state index is 0.0896. The number of ketones is 1. The summed E-state index contributed by atoms with van der Waals surface area (Å²) >= 11 is 0. The van der Waals surface area contributed by atoms with Crippen molar-refractivity contribution in [3.05, 3.63) is 35.9 Å². The van der Waals surface area contributed by atoms with Gasteiger partial charge in [0.25, 0.3) is 0 Å². The molecule has 1 rings (SSSR count). The molecule has 20 heavy (non-hydrogen) atoms. The maximum absolute atomic E-state index is 12.3. The molecule has 0 saturated carbocycles. The maximum Gasteiger partial charge on any atom is 0.317 e. The third kappa shape index (κ3) is 5.19. The third-order valence-electron chi connectivity index (χ3n) is 2.79. The molecule has 1 atom stereocenters. The smallest absolute Gasteiger partial charge is 0.317 e. The van der Waals surface area contributed by atoms with Gasteiger partial charge in [0.05, 0.1) is 13.0 Å². The number of nitrogens with zero attached hydrogens (tertiary/aromatic N) is 1. The number of hydrogen-bond donors (Lipinski definition) is 2. The van der Waals surface area contributed by atoms with Crippen LogP contribution in [-0.2, 0) is 9.59 Å². The van der Waals surface area contributed by atoms with Crippen LogP contribution in [0, 0.1) is 5.92 Å². The average molecular weight is 279 g/mol. The topological polar surface area (TPSA) is 94.9 Å². The van der Waals surface area contributed by atoms with Crippen molar-refractivity contribution in [3.8, 4) is 0 Å². The number of carbonyl (C=O) groups excluding carboxylic acids is 1. The Morgan fingerprint density at radius 3 is 2.20 bits per heavy atom. The van der Waals surface area contributed by atoms with E-state index >= 15 is 0 Å². The van der Waals surface area contributed by atoms with E-state index < -0.39 is 17.9 Å². The van der Waals surface area contributed by atoms with Crippen molar-refractivity contribution in [1.29, 1.82) is 0 Å². The Kier molecular flexibility index (Phi) is 5.86. The molecule has 0 heterocycles. The highest BCUT2D eigenvalue weighted by molar-refractivity contribution is 5.99. The van der Waals surface area contributed by atoms with E-state index in [9.17, 15) is 14.4 Å². The molecule has 6 heteroatoms. The zero-order valence-corrected chi connectivity index (χ0v) is 11.2. The zero-order valence-electron chi connectivity index (χ0n) is 11.2. The van der Waals surface area contributed by atoms with Crippen LogP contribution in [0.1, 0.15) is 16.8 Å². The van der Waals surface area contributed by atoms with Crippen LogP contribution < -0.4 is 0 Å². The zero-order chi connectivity index (χ0) is 15.1. The molecule has 1 aromatic rings. The molecular weight excluding hydrogens is 262 g/mol. The standard InChI is InChI=1S/C14H17NO5/c1-15(9-13(18)19)8-11(7-12(16)17)14(20)10-5-3-2-4-6-10/h2-6,11H,7-9H2,1H3,(H,16,17)(H,18,19). The van der Waals surface area contributed by atoms with Gasteiger partial charge < -0.3 is 10.2 Å². The van der Waals surface area contributed by atoms with Gasteiger partial charge in [-0.05, 0) is 7.05 Å². The maximum atomic E-state index is 12.3. The monoisotopic (exact) mass is 279 g/mol. The Bertz CT molecular complexity index is 486. The van der Waals surface area contributed by atoms with Crippen molar-refractivity contribution >= 4 is 17.7 Å². The van der Waals surface area contributed by atoms with Crippen LogP contribution >= 0.6 is 0 Å². The van der Waals surface area contributed by atoms with Gasteiger partial charge in [0.1, 0.15) is 0 Å². The van der Waals surface area contributed by atoms with E-state index in [-0.39, 0.29) is 25.3 Å². The summed E-state index contributed by atoms with van der Waals surface area (Å²) in [6.45, 7) is -0.148. The lowest BCUT2D eigenvalue weighted by Gasteiger charge is -2.20. The van der Waals surface area contributed by atoms with E-state index in [0.29, 0.717) is 5.56 Å². The second-order valence-electron chi connectivity index (χ2n) is 4.62. The summed E-state index contributed by atoms with van der Waals surface area (Å²) in [5.41, 5.74) is 0.433. The van der Waals surface area contributed by atoms with Crippen LogP contribution in [0.25, 0.3) is 0 Å². The number of Topliss-reactive ketones (excluding diaryl/α,β-unsaturated/α-hetero) is 1. The Morgan fingerprint density at radius 2 is 1.70 bits per heavy atom. The summed E-state index contributed by atoms with van der Waals surface area (Å²) in [6.07, 6.45) is -0.322. The van der Waals surface area contributed by atoms with Crippen LogP contribution in [0.3, 0.4) is 0 Å². The van der Waals surface area contributed by atoms with Crippen LogP contribution in [0.2, 0.25) is 0 Å². The number of benzene rings is 1. The second kappa shape index (κ2) is 7.40. The molecule has 0 spiro atoms. The molecule has 0 saturated heterocycles. The Labute approximate surface area is 116 Å². The quantitative estimate of drug-likeness (QED) is 0.689. The lowest BCUT2D eigenvalue weighted by molar-refractivity contribution is -0.138. The van der Waals surface area contributed by atoms with Gasteiger partial charge in [-0.1, -0.05) is 30.3 Å². The number of hydrogen-bond acceptors (Lipinski definition) is 4. The number of carboxylic acid groups (broad SMARTS) is 2. The normalized spacial score (nSPS) is 12.1. The van der Waals surface area contributed by atoms with Crippen molar-refractivity contribution in [2.45, 2.75) is 6.42 Å². The summed E-state index contributed by atoms with van der Waals surface area (Å²) in [5, 5.41) is 17.6. The molecule has 0 radical (unpaired) electrons. The summed E-state index contributed by atoms with van der Waals surface area (Å²) in [7, 11) is 1.54. The molecule has 108 valence electrons. The summed E-state index contributed by atoms with van der Waals surface area (Å²) < 4.78 is 0. The van der Waals surface area contributed by atoms with Crippen LogP contribution in [0.4, 0.5) is 0 Å². The molecule has 1 aromatic carbocycles. The molecule has 0 aromatic heterocycles. The predicted octanol–water partition coefficient (Wildman–Crippen LogP) is 0.977. The summed E-state index contributed by atoms with van der Waals surface area (Å²) in [5.74, 6) is -3.15. The lowest BCUT2D eigenvalue weighted by atomic mass is 9.94. The lowest BCUT2D eigenvalue weighted by Crippen LogP contribution is -2.35. The van der Waals surface area contributed by atoms with Gasteiger partial charge in [-0.3, -0.25) is 19.3 Å². The summed E-state index contributed by atoms with van der Waals surface area (Å²) in [6, 6.07) is 8.40. The third-order valence-corrected chi connectivity index (χ3v) is 2.79. The van der Waals surface area contributed by atoms with Crippen molar-refractivity contribution < 1.29 is 24.6 Å². The molecule has 6 nitrogen and oxygen atoms in total. The van der Waals surface area contributed by atoms with Gasteiger partial charge in [0.2, 0.25) is 0 Å². The van der Waals surface area contributed by atoms with Crippen molar-refractivity contribution in [2.75, 3.05) is 20.1 Å². The highest BCUT2D eigenvalue weighted by atomic mass is 16.4. The van der Waals surface area contributed by atoms with E-state index in [1.165, 1.54) is 4.90 Å². The molecule has 0 amide bonds. The van der Waals surface area contributed by atoms with Gasteiger partial charge in [0.15, 0.2) is 5.78 Å². The molecule has 1 unspecified atom stereocenters. The predicted molar refractivity (Wildman–Crippen MR) is 71.6 cm³/mol. The average Bonchev–Trinajstić information content (AvgIpc) is 2.36. The summed E-state index contributed by atoms with van der Waals surface area (Å²) in [4.78, 5) is 35.2. The minimum atomic E-state index is -1.08. The number of carboxylic acids is 2. The first-order valence-corrected chi connectivity index (χ1v) is 6.11. The van der Waals surface area contributed by atoms with Gasteiger partial charge in [-0.2, -0.15) is 0 Å². The molecular formula is C14H17NO5.